The molecule has 0 radical (unpaired) electrons. The lowest BCUT2D eigenvalue weighted by atomic mass is 10.1. The zero-order chi connectivity index (χ0) is 13.0. The van der Waals surface area contributed by atoms with E-state index in [1.807, 2.05) is 11.3 Å². The predicted octanol–water partition coefficient (Wildman–Crippen LogP) is 3.30. The third-order valence-corrected chi connectivity index (χ3v) is 5.40. The summed E-state index contributed by atoms with van der Waals surface area (Å²) in [5.41, 5.74) is 0. The van der Waals surface area contributed by atoms with Gasteiger partial charge in [0.15, 0.2) is 0 Å². The van der Waals surface area contributed by atoms with Gasteiger partial charge in [-0.3, -0.25) is 0 Å². The Morgan fingerprint density at radius 3 is 2.89 bits per heavy atom. The molecule has 0 amide bonds. The van der Waals surface area contributed by atoms with E-state index >= 15 is 0 Å². The van der Waals surface area contributed by atoms with Crippen molar-refractivity contribution in [1.82, 2.24) is 10.2 Å². The van der Waals surface area contributed by atoms with Gasteiger partial charge in [0.05, 0.1) is 0 Å². The molecule has 2 atom stereocenters. The van der Waals surface area contributed by atoms with E-state index in [1.165, 1.54) is 35.8 Å². The van der Waals surface area contributed by atoms with Crippen molar-refractivity contribution in [2.45, 2.75) is 39.7 Å². The fraction of sp³-hybridized carbons (Fsp3) is 0.733. The third kappa shape index (κ3) is 3.56. The second-order valence-electron chi connectivity index (χ2n) is 5.34. The number of nitrogens with one attached hydrogen (secondary N) is 1. The van der Waals surface area contributed by atoms with Crippen LogP contribution in [0.15, 0.2) is 12.1 Å². The molecule has 102 valence electrons. The van der Waals surface area contributed by atoms with Crippen LogP contribution in [0.25, 0.3) is 0 Å². The molecule has 2 nitrogen and oxygen atoms in total. The molecule has 2 rings (SSSR count). The van der Waals surface area contributed by atoms with Crippen LogP contribution in [-0.2, 0) is 6.42 Å². The molecule has 0 bridgehead atoms. The molecule has 3 heteroatoms. The van der Waals surface area contributed by atoms with Crippen molar-refractivity contribution in [2.75, 3.05) is 26.2 Å². The minimum Gasteiger partial charge on any atom is -0.309 e. The standard InChI is InChI=1S/C15H26N2S/c1-4-14-6-7-15(18-14)12(3)16-10-13-8-9-17(5-2)11-13/h6-7,12-13,16H,4-5,8-11H2,1-3H3. The molecule has 2 heterocycles. The van der Waals surface area contributed by atoms with Crippen molar-refractivity contribution in [2.24, 2.45) is 5.92 Å². The molecule has 1 N–H and O–H groups in total. The average molecular weight is 266 g/mol. The summed E-state index contributed by atoms with van der Waals surface area (Å²) in [6, 6.07) is 5.06. The number of hydrogen-bond donors (Lipinski definition) is 1. The Labute approximate surface area is 115 Å². The molecular formula is C15H26N2S. The largest absolute Gasteiger partial charge is 0.309 e. The Bertz CT molecular complexity index is 361. The van der Waals surface area contributed by atoms with Gasteiger partial charge >= 0.3 is 0 Å². The summed E-state index contributed by atoms with van der Waals surface area (Å²) in [5.74, 6) is 0.845. The van der Waals surface area contributed by atoms with E-state index in [4.69, 9.17) is 0 Å². The van der Waals surface area contributed by atoms with Crippen LogP contribution < -0.4 is 5.32 Å². The van der Waals surface area contributed by atoms with Crippen LogP contribution in [0, 0.1) is 5.92 Å². The van der Waals surface area contributed by atoms with Crippen LogP contribution in [0.4, 0.5) is 0 Å². The SMILES string of the molecule is CCc1ccc(C(C)NCC2CCN(CC)C2)s1. The molecule has 1 aromatic heterocycles. The van der Waals surface area contributed by atoms with Gasteiger partial charge in [-0.15, -0.1) is 11.3 Å². The fourth-order valence-corrected chi connectivity index (χ4v) is 3.61. The predicted molar refractivity (Wildman–Crippen MR) is 80.3 cm³/mol. The van der Waals surface area contributed by atoms with Gasteiger partial charge in [0, 0.05) is 22.3 Å². The number of aryl methyl sites for hydroxylation is 1. The number of nitrogens with zero attached hydrogens (tertiary/aromatic N) is 1. The van der Waals surface area contributed by atoms with E-state index in [-0.39, 0.29) is 0 Å². The highest BCUT2D eigenvalue weighted by molar-refractivity contribution is 7.12. The maximum Gasteiger partial charge on any atom is 0.0386 e. The highest BCUT2D eigenvalue weighted by Crippen LogP contribution is 2.24. The summed E-state index contributed by atoms with van der Waals surface area (Å²) in [6.45, 7) is 11.7. The zero-order valence-electron chi connectivity index (χ0n) is 11.9. The summed E-state index contributed by atoms with van der Waals surface area (Å²) < 4.78 is 0. The van der Waals surface area contributed by atoms with Gasteiger partial charge in [-0.1, -0.05) is 13.8 Å². The highest BCUT2D eigenvalue weighted by atomic mass is 32.1. The van der Waals surface area contributed by atoms with Crippen LogP contribution in [0.2, 0.25) is 0 Å². The van der Waals surface area contributed by atoms with Crippen LogP contribution in [0.1, 0.15) is 43.0 Å². The lowest BCUT2D eigenvalue weighted by Crippen LogP contribution is -2.28. The molecule has 1 aliphatic heterocycles. The molecule has 1 saturated heterocycles. The van der Waals surface area contributed by atoms with E-state index in [0.717, 1.165) is 18.9 Å². The fourth-order valence-electron chi connectivity index (χ4n) is 2.63. The van der Waals surface area contributed by atoms with E-state index < -0.39 is 0 Å². The Morgan fingerprint density at radius 2 is 2.28 bits per heavy atom. The lowest BCUT2D eigenvalue weighted by Gasteiger charge is -2.17. The molecule has 2 unspecified atom stereocenters. The summed E-state index contributed by atoms with van der Waals surface area (Å²) in [4.78, 5) is 5.53. The zero-order valence-corrected chi connectivity index (χ0v) is 12.7. The normalized spacial score (nSPS) is 22.5. The summed E-state index contributed by atoms with van der Waals surface area (Å²) in [6.07, 6.45) is 2.52. The molecule has 0 saturated carbocycles. The topological polar surface area (TPSA) is 15.3 Å². The second kappa shape index (κ2) is 6.69. The first kappa shape index (κ1) is 14.0. The number of thiophene rings is 1. The smallest absolute Gasteiger partial charge is 0.0386 e. The Balaban J connectivity index is 1.76. The van der Waals surface area contributed by atoms with Crippen LogP contribution in [0.3, 0.4) is 0 Å². The van der Waals surface area contributed by atoms with Crippen molar-refractivity contribution < 1.29 is 0 Å². The van der Waals surface area contributed by atoms with Crippen LogP contribution in [-0.4, -0.2) is 31.1 Å². The minimum atomic E-state index is 0.506. The van der Waals surface area contributed by atoms with Gasteiger partial charge in [-0.05, 0) is 57.5 Å². The van der Waals surface area contributed by atoms with Gasteiger partial charge in [0.25, 0.3) is 0 Å². The van der Waals surface area contributed by atoms with Gasteiger partial charge in [0.2, 0.25) is 0 Å². The van der Waals surface area contributed by atoms with Crippen LogP contribution in [0.5, 0.6) is 0 Å². The van der Waals surface area contributed by atoms with Gasteiger partial charge in [-0.2, -0.15) is 0 Å². The first-order valence-electron chi connectivity index (χ1n) is 7.27. The Morgan fingerprint density at radius 1 is 1.44 bits per heavy atom. The molecule has 0 aliphatic carbocycles. The monoisotopic (exact) mass is 266 g/mol. The Hall–Kier alpha value is -0.380. The van der Waals surface area contributed by atoms with Crippen molar-refractivity contribution in [3.8, 4) is 0 Å². The molecule has 0 spiro atoms. The van der Waals surface area contributed by atoms with Gasteiger partial charge in [-0.25, -0.2) is 0 Å². The van der Waals surface area contributed by atoms with Crippen molar-refractivity contribution in [3.63, 3.8) is 0 Å². The first-order valence-corrected chi connectivity index (χ1v) is 8.08. The quantitative estimate of drug-likeness (QED) is 0.850. The Kier molecular flexibility index (Phi) is 5.22. The van der Waals surface area contributed by atoms with E-state index in [2.05, 4.69) is 43.1 Å². The summed E-state index contributed by atoms with van der Waals surface area (Å²) >= 11 is 1.96. The number of rotatable bonds is 6. The molecule has 18 heavy (non-hydrogen) atoms. The van der Waals surface area contributed by atoms with Crippen LogP contribution >= 0.6 is 11.3 Å². The number of likely N-dealkylation sites (tertiary alicyclic amines) is 1. The third-order valence-electron chi connectivity index (χ3n) is 3.99. The maximum absolute atomic E-state index is 3.71. The molecule has 0 aromatic carbocycles. The maximum atomic E-state index is 3.71. The minimum absolute atomic E-state index is 0.506. The van der Waals surface area contributed by atoms with Gasteiger partial charge in [0.1, 0.15) is 0 Å². The molecular weight excluding hydrogens is 240 g/mol. The molecule has 1 fully saturated rings. The molecule has 1 aromatic rings. The second-order valence-corrected chi connectivity index (χ2v) is 6.54. The summed E-state index contributed by atoms with van der Waals surface area (Å²) in [5, 5.41) is 3.71. The first-order chi connectivity index (χ1) is 8.72. The van der Waals surface area contributed by atoms with Crippen molar-refractivity contribution >= 4 is 11.3 Å². The van der Waals surface area contributed by atoms with E-state index in [9.17, 15) is 0 Å². The highest BCUT2D eigenvalue weighted by Gasteiger charge is 2.21. The van der Waals surface area contributed by atoms with Crippen molar-refractivity contribution in [1.29, 1.82) is 0 Å². The molecule has 1 aliphatic rings. The lowest BCUT2D eigenvalue weighted by molar-refractivity contribution is 0.336. The van der Waals surface area contributed by atoms with E-state index in [0.29, 0.717) is 6.04 Å². The summed E-state index contributed by atoms with van der Waals surface area (Å²) in [7, 11) is 0. The van der Waals surface area contributed by atoms with E-state index in [1.54, 1.807) is 0 Å². The average Bonchev–Trinajstić information content (AvgIpc) is 3.04. The number of hydrogen-bond acceptors (Lipinski definition) is 3. The van der Waals surface area contributed by atoms with Crippen molar-refractivity contribution in [3.05, 3.63) is 21.9 Å². The van der Waals surface area contributed by atoms with Gasteiger partial charge < -0.3 is 10.2 Å².